The summed E-state index contributed by atoms with van der Waals surface area (Å²) in [4.78, 5) is 6.79. The van der Waals surface area contributed by atoms with Gasteiger partial charge in [-0.3, -0.25) is 4.98 Å². The van der Waals surface area contributed by atoms with Gasteiger partial charge in [-0.1, -0.05) is 13.8 Å². The van der Waals surface area contributed by atoms with E-state index in [4.69, 9.17) is 4.74 Å². The molecule has 1 aromatic heterocycles. The minimum absolute atomic E-state index is 0.504. The van der Waals surface area contributed by atoms with E-state index in [0.717, 1.165) is 38.4 Å². The lowest BCUT2D eigenvalue weighted by Crippen LogP contribution is -2.35. The Morgan fingerprint density at radius 2 is 2.21 bits per heavy atom. The highest BCUT2D eigenvalue weighted by Crippen LogP contribution is 2.18. The van der Waals surface area contributed by atoms with E-state index < -0.39 is 0 Å². The summed E-state index contributed by atoms with van der Waals surface area (Å²) in [6.07, 6.45) is 3.01. The molecule has 1 rings (SSSR count). The van der Waals surface area contributed by atoms with E-state index in [1.165, 1.54) is 5.69 Å². The molecule has 0 aliphatic heterocycles. The number of pyridine rings is 1. The van der Waals surface area contributed by atoms with Crippen molar-refractivity contribution in [2.24, 2.45) is 0 Å². The third-order valence-electron chi connectivity index (χ3n) is 3.35. The van der Waals surface area contributed by atoms with Gasteiger partial charge in [0.25, 0.3) is 0 Å². The molecule has 0 radical (unpaired) electrons. The smallest absolute Gasteiger partial charge is 0.0637 e. The first kappa shape index (κ1) is 15.9. The van der Waals surface area contributed by atoms with Gasteiger partial charge in [-0.15, -0.1) is 0 Å². The zero-order valence-corrected chi connectivity index (χ0v) is 12.6. The lowest BCUT2D eigenvalue weighted by molar-refractivity contribution is 0.203. The highest BCUT2D eigenvalue weighted by molar-refractivity contribution is 5.47. The number of ether oxygens (including phenoxy) is 1. The van der Waals surface area contributed by atoms with Gasteiger partial charge in [0.2, 0.25) is 0 Å². The maximum absolute atomic E-state index is 5.21. The number of methoxy groups -OCH3 is 1. The molecule has 4 nitrogen and oxygen atoms in total. The molecule has 0 saturated heterocycles. The van der Waals surface area contributed by atoms with E-state index in [1.54, 1.807) is 7.11 Å². The molecule has 0 fully saturated rings. The standard InChI is InChI=1S/C15H27N3O/c1-5-13(3)18(9-10-19-4)15-7-8-17-14(11-15)12-16-6-2/h7-8,11,13,16H,5-6,9-10,12H2,1-4H3. The molecular weight excluding hydrogens is 238 g/mol. The Morgan fingerprint density at radius 3 is 2.84 bits per heavy atom. The summed E-state index contributed by atoms with van der Waals surface area (Å²) >= 11 is 0. The number of hydrogen-bond donors (Lipinski definition) is 1. The van der Waals surface area contributed by atoms with Crippen LogP contribution < -0.4 is 10.2 Å². The molecule has 0 aliphatic carbocycles. The molecule has 4 heteroatoms. The number of rotatable bonds is 9. The van der Waals surface area contributed by atoms with Crippen LogP contribution in [0.3, 0.4) is 0 Å². The molecule has 1 aromatic rings. The van der Waals surface area contributed by atoms with Gasteiger partial charge in [0.05, 0.1) is 12.3 Å². The molecule has 19 heavy (non-hydrogen) atoms. The first-order valence-electron chi connectivity index (χ1n) is 7.14. The van der Waals surface area contributed by atoms with Crippen LogP contribution in [0.25, 0.3) is 0 Å². The van der Waals surface area contributed by atoms with Crippen LogP contribution in [-0.4, -0.2) is 37.8 Å². The Kier molecular flexibility index (Phi) is 7.45. The van der Waals surface area contributed by atoms with E-state index in [1.807, 2.05) is 6.20 Å². The minimum Gasteiger partial charge on any atom is -0.383 e. The number of hydrogen-bond acceptors (Lipinski definition) is 4. The SMILES string of the molecule is CCNCc1cc(N(CCOC)C(C)CC)ccn1. The topological polar surface area (TPSA) is 37.4 Å². The van der Waals surface area contributed by atoms with Crippen molar-refractivity contribution >= 4 is 5.69 Å². The second kappa shape index (κ2) is 8.88. The number of nitrogens with one attached hydrogen (secondary N) is 1. The van der Waals surface area contributed by atoms with Crippen LogP contribution in [0, 0.1) is 0 Å². The number of anilines is 1. The average molecular weight is 265 g/mol. The van der Waals surface area contributed by atoms with Crippen LogP contribution in [0.5, 0.6) is 0 Å². The maximum atomic E-state index is 5.21. The molecule has 1 N–H and O–H groups in total. The van der Waals surface area contributed by atoms with Gasteiger partial charge >= 0.3 is 0 Å². The van der Waals surface area contributed by atoms with Gasteiger partial charge in [0, 0.05) is 38.1 Å². The van der Waals surface area contributed by atoms with Crippen molar-refractivity contribution in [3.63, 3.8) is 0 Å². The van der Waals surface area contributed by atoms with Gasteiger partial charge in [0.15, 0.2) is 0 Å². The van der Waals surface area contributed by atoms with Crippen LogP contribution in [-0.2, 0) is 11.3 Å². The summed E-state index contributed by atoms with van der Waals surface area (Å²) in [5.74, 6) is 0. The lowest BCUT2D eigenvalue weighted by Gasteiger charge is -2.30. The quantitative estimate of drug-likeness (QED) is 0.744. The van der Waals surface area contributed by atoms with Crippen LogP contribution in [0.2, 0.25) is 0 Å². The molecular formula is C15H27N3O. The normalized spacial score (nSPS) is 12.4. The molecule has 0 amide bonds. The molecule has 0 aliphatic rings. The zero-order chi connectivity index (χ0) is 14.1. The van der Waals surface area contributed by atoms with E-state index in [2.05, 4.69) is 48.1 Å². The summed E-state index contributed by atoms with van der Waals surface area (Å²) in [5, 5.41) is 3.31. The highest BCUT2D eigenvalue weighted by atomic mass is 16.5. The Bertz CT molecular complexity index is 357. The summed E-state index contributed by atoms with van der Waals surface area (Å²) < 4.78 is 5.21. The Labute approximate surface area is 117 Å². The average Bonchev–Trinajstić information content (AvgIpc) is 2.45. The zero-order valence-electron chi connectivity index (χ0n) is 12.6. The Morgan fingerprint density at radius 1 is 1.42 bits per heavy atom. The van der Waals surface area contributed by atoms with Gasteiger partial charge in [0.1, 0.15) is 0 Å². The molecule has 0 saturated carbocycles. The van der Waals surface area contributed by atoms with Crippen LogP contribution in [0.4, 0.5) is 5.69 Å². The van der Waals surface area contributed by atoms with Crippen molar-refractivity contribution in [1.29, 1.82) is 0 Å². The summed E-state index contributed by atoms with van der Waals surface area (Å²) in [5.41, 5.74) is 2.32. The fourth-order valence-corrected chi connectivity index (χ4v) is 2.01. The molecule has 1 atom stereocenters. The fourth-order valence-electron chi connectivity index (χ4n) is 2.01. The fraction of sp³-hybridized carbons (Fsp3) is 0.667. The van der Waals surface area contributed by atoms with E-state index in [-0.39, 0.29) is 0 Å². The molecule has 0 bridgehead atoms. The van der Waals surface area contributed by atoms with Crippen molar-refractivity contribution in [2.75, 3.05) is 31.7 Å². The predicted molar refractivity (Wildman–Crippen MR) is 80.6 cm³/mol. The highest BCUT2D eigenvalue weighted by Gasteiger charge is 2.13. The Balaban J connectivity index is 2.81. The van der Waals surface area contributed by atoms with Crippen LogP contribution >= 0.6 is 0 Å². The van der Waals surface area contributed by atoms with Crippen molar-refractivity contribution < 1.29 is 4.74 Å². The van der Waals surface area contributed by atoms with Gasteiger partial charge in [-0.2, -0.15) is 0 Å². The first-order valence-corrected chi connectivity index (χ1v) is 7.14. The second-order valence-electron chi connectivity index (χ2n) is 4.73. The molecule has 108 valence electrons. The minimum atomic E-state index is 0.504. The molecule has 0 spiro atoms. The molecule has 1 unspecified atom stereocenters. The summed E-state index contributed by atoms with van der Waals surface area (Å²) in [6.45, 7) is 10.0. The van der Waals surface area contributed by atoms with Gasteiger partial charge < -0.3 is 15.0 Å². The van der Waals surface area contributed by atoms with Crippen molar-refractivity contribution in [2.45, 2.75) is 39.8 Å². The second-order valence-corrected chi connectivity index (χ2v) is 4.73. The first-order chi connectivity index (χ1) is 9.22. The van der Waals surface area contributed by atoms with Crippen molar-refractivity contribution in [3.8, 4) is 0 Å². The molecule has 1 heterocycles. The predicted octanol–water partition coefficient (Wildman–Crippen LogP) is 2.44. The number of nitrogens with zero attached hydrogens (tertiary/aromatic N) is 2. The van der Waals surface area contributed by atoms with E-state index >= 15 is 0 Å². The van der Waals surface area contributed by atoms with E-state index in [0.29, 0.717) is 6.04 Å². The van der Waals surface area contributed by atoms with E-state index in [9.17, 15) is 0 Å². The summed E-state index contributed by atoms with van der Waals surface area (Å²) in [6, 6.07) is 4.76. The van der Waals surface area contributed by atoms with Crippen LogP contribution in [0.15, 0.2) is 18.3 Å². The van der Waals surface area contributed by atoms with Crippen LogP contribution in [0.1, 0.15) is 32.9 Å². The monoisotopic (exact) mass is 265 g/mol. The van der Waals surface area contributed by atoms with Gasteiger partial charge in [-0.05, 0) is 32.0 Å². The maximum Gasteiger partial charge on any atom is 0.0637 e. The largest absolute Gasteiger partial charge is 0.383 e. The Hall–Kier alpha value is -1.13. The molecule has 0 aromatic carbocycles. The lowest BCUT2D eigenvalue weighted by atomic mass is 10.2. The number of aromatic nitrogens is 1. The summed E-state index contributed by atoms with van der Waals surface area (Å²) in [7, 11) is 1.75. The third kappa shape index (κ3) is 5.17. The van der Waals surface area contributed by atoms with Gasteiger partial charge in [-0.25, -0.2) is 0 Å². The third-order valence-corrected chi connectivity index (χ3v) is 3.35. The van der Waals surface area contributed by atoms with Crippen molar-refractivity contribution in [1.82, 2.24) is 10.3 Å². The van der Waals surface area contributed by atoms with Crippen molar-refractivity contribution in [3.05, 3.63) is 24.0 Å².